The van der Waals surface area contributed by atoms with Gasteiger partial charge in [0.15, 0.2) is 0 Å². The molecule has 2 aromatic rings. The zero-order valence-electron chi connectivity index (χ0n) is 18.1. The van der Waals surface area contributed by atoms with Crippen LogP contribution in [0.2, 0.25) is 0 Å². The SMILES string of the molecule is CCC(=O)Nc1ccc(C(=O)N2CCC(C(=O)NCCCc3ccccc3)CC2)cc1. The van der Waals surface area contributed by atoms with Gasteiger partial charge in [0, 0.05) is 43.2 Å². The van der Waals surface area contributed by atoms with E-state index in [9.17, 15) is 14.4 Å². The van der Waals surface area contributed by atoms with E-state index >= 15 is 0 Å². The summed E-state index contributed by atoms with van der Waals surface area (Å²) in [6, 6.07) is 17.2. The van der Waals surface area contributed by atoms with Crippen LogP contribution in [0.1, 0.15) is 48.5 Å². The van der Waals surface area contributed by atoms with Crippen molar-refractivity contribution in [1.82, 2.24) is 10.2 Å². The highest BCUT2D eigenvalue weighted by molar-refractivity contribution is 5.96. The van der Waals surface area contributed by atoms with E-state index in [1.54, 1.807) is 36.1 Å². The lowest BCUT2D eigenvalue weighted by atomic mass is 9.95. The van der Waals surface area contributed by atoms with Crippen LogP contribution in [-0.4, -0.2) is 42.3 Å². The summed E-state index contributed by atoms with van der Waals surface area (Å²) >= 11 is 0. The minimum absolute atomic E-state index is 0.0323. The first kappa shape index (κ1) is 22.5. The maximum Gasteiger partial charge on any atom is 0.253 e. The quantitative estimate of drug-likeness (QED) is 0.639. The van der Waals surface area contributed by atoms with Crippen molar-refractivity contribution in [2.45, 2.75) is 39.0 Å². The van der Waals surface area contributed by atoms with Crippen LogP contribution in [0.25, 0.3) is 0 Å². The zero-order valence-corrected chi connectivity index (χ0v) is 18.1. The number of aryl methyl sites for hydroxylation is 1. The summed E-state index contributed by atoms with van der Waals surface area (Å²) < 4.78 is 0. The number of carbonyl (C=O) groups is 3. The molecule has 0 aliphatic carbocycles. The molecular formula is C25H31N3O3. The number of likely N-dealkylation sites (tertiary alicyclic amines) is 1. The second-order valence-corrected chi connectivity index (χ2v) is 7.93. The number of rotatable bonds is 8. The molecule has 3 amide bonds. The molecule has 164 valence electrons. The van der Waals surface area contributed by atoms with Gasteiger partial charge in [0.1, 0.15) is 0 Å². The van der Waals surface area contributed by atoms with Gasteiger partial charge < -0.3 is 15.5 Å². The third kappa shape index (κ3) is 6.67. The normalized spacial score (nSPS) is 14.2. The fourth-order valence-corrected chi connectivity index (χ4v) is 3.77. The standard InChI is InChI=1S/C25H31N3O3/c1-2-23(29)27-22-12-10-21(11-13-22)25(31)28-17-14-20(15-18-28)24(30)26-16-6-9-19-7-4-3-5-8-19/h3-5,7-8,10-13,20H,2,6,9,14-18H2,1H3,(H,26,30)(H,27,29). The smallest absolute Gasteiger partial charge is 0.253 e. The predicted molar refractivity (Wildman–Crippen MR) is 122 cm³/mol. The topological polar surface area (TPSA) is 78.5 Å². The summed E-state index contributed by atoms with van der Waals surface area (Å²) in [5, 5.41) is 5.83. The molecule has 1 fully saturated rings. The van der Waals surface area contributed by atoms with Gasteiger partial charge in [-0.3, -0.25) is 14.4 Å². The van der Waals surface area contributed by atoms with E-state index in [2.05, 4.69) is 22.8 Å². The van der Waals surface area contributed by atoms with Crippen LogP contribution in [0, 0.1) is 5.92 Å². The number of carbonyl (C=O) groups excluding carboxylic acids is 3. The first-order chi connectivity index (χ1) is 15.1. The zero-order chi connectivity index (χ0) is 22.1. The maximum atomic E-state index is 12.7. The summed E-state index contributed by atoms with van der Waals surface area (Å²) in [7, 11) is 0. The number of nitrogens with zero attached hydrogens (tertiary/aromatic N) is 1. The van der Waals surface area contributed by atoms with Crippen molar-refractivity contribution in [3.63, 3.8) is 0 Å². The first-order valence-corrected chi connectivity index (χ1v) is 11.1. The fourth-order valence-electron chi connectivity index (χ4n) is 3.77. The van der Waals surface area contributed by atoms with Crippen LogP contribution >= 0.6 is 0 Å². The van der Waals surface area contributed by atoms with Gasteiger partial charge in [0.25, 0.3) is 5.91 Å². The van der Waals surface area contributed by atoms with Crippen LogP contribution < -0.4 is 10.6 Å². The minimum Gasteiger partial charge on any atom is -0.356 e. The molecule has 0 atom stereocenters. The van der Waals surface area contributed by atoms with E-state index in [0.29, 0.717) is 50.1 Å². The molecule has 0 unspecified atom stereocenters. The van der Waals surface area contributed by atoms with Crippen LogP contribution in [0.3, 0.4) is 0 Å². The summed E-state index contributed by atoms with van der Waals surface area (Å²) in [6.07, 6.45) is 3.65. The highest BCUT2D eigenvalue weighted by Gasteiger charge is 2.27. The molecule has 1 saturated heterocycles. The summed E-state index contributed by atoms with van der Waals surface area (Å²) in [4.78, 5) is 38.5. The van der Waals surface area contributed by atoms with Gasteiger partial charge in [-0.05, 0) is 55.5 Å². The van der Waals surface area contributed by atoms with E-state index in [1.807, 2.05) is 18.2 Å². The van der Waals surface area contributed by atoms with Crippen molar-refractivity contribution in [3.8, 4) is 0 Å². The average molecular weight is 422 g/mol. The van der Waals surface area contributed by atoms with E-state index in [4.69, 9.17) is 0 Å². The lowest BCUT2D eigenvalue weighted by Gasteiger charge is -2.31. The highest BCUT2D eigenvalue weighted by atomic mass is 16.2. The third-order valence-electron chi connectivity index (χ3n) is 5.67. The van der Waals surface area contributed by atoms with E-state index in [1.165, 1.54) is 5.56 Å². The second-order valence-electron chi connectivity index (χ2n) is 7.93. The Kier molecular flexibility index (Phi) is 8.21. The van der Waals surface area contributed by atoms with Gasteiger partial charge >= 0.3 is 0 Å². The van der Waals surface area contributed by atoms with Crippen LogP contribution in [0.4, 0.5) is 5.69 Å². The minimum atomic E-state index is -0.0560. The Morgan fingerprint density at radius 2 is 1.65 bits per heavy atom. The molecule has 0 aromatic heterocycles. The number of nitrogens with one attached hydrogen (secondary N) is 2. The number of hydrogen-bond acceptors (Lipinski definition) is 3. The molecule has 2 aromatic carbocycles. The lowest BCUT2D eigenvalue weighted by Crippen LogP contribution is -2.43. The summed E-state index contributed by atoms with van der Waals surface area (Å²) in [5.41, 5.74) is 2.56. The molecule has 0 spiro atoms. The third-order valence-corrected chi connectivity index (χ3v) is 5.67. The van der Waals surface area contributed by atoms with Gasteiger partial charge in [-0.15, -0.1) is 0 Å². The van der Waals surface area contributed by atoms with E-state index in [-0.39, 0.29) is 23.6 Å². The van der Waals surface area contributed by atoms with Crippen LogP contribution in [0.15, 0.2) is 54.6 Å². The molecule has 6 nitrogen and oxygen atoms in total. The number of hydrogen-bond donors (Lipinski definition) is 2. The lowest BCUT2D eigenvalue weighted by molar-refractivity contribution is -0.126. The fraction of sp³-hybridized carbons (Fsp3) is 0.400. The number of anilines is 1. The van der Waals surface area contributed by atoms with Crippen molar-refractivity contribution >= 4 is 23.4 Å². The molecule has 3 rings (SSSR count). The summed E-state index contributed by atoms with van der Waals surface area (Å²) in [5.74, 6) is -0.0295. The Labute approximate surface area is 184 Å². The Balaban J connectivity index is 1.39. The molecule has 0 radical (unpaired) electrons. The average Bonchev–Trinajstić information content (AvgIpc) is 2.82. The molecule has 0 bridgehead atoms. The molecule has 6 heteroatoms. The van der Waals surface area contributed by atoms with Gasteiger partial charge in [-0.2, -0.15) is 0 Å². The Bertz CT molecular complexity index is 873. The molecule has 31 heavy (non-hydrogen) atoms. The molecule has 0 saturated carbocycles. The Morgan fingerprint density at radius 1 is 0.968 bits per heavy atom. The number of piperidine rings is 1. The molecule has 1 heterocycles. The maximum absolute atomic E-state index is 12.7. The first-order valence-electron chi connectivity index (χ1n) is 11.1. The van der Waals surface area contributed by atoms with Crippen LogP contribution in [-0.2, 0) is 16.0 Å². The second kappa shape index (κ2) is 11.3. The molecular weight excluding hydrogens is 390 g/mol. The predicted octanol–water partition coefficient (Wildman–Crippen LogP) is 3.64. The van der Waals surface area contributed by atoms with Crippen molar-refractivity contribution in [1.29, 1.82) is 0 Å². The molecule has 1 aliphatic heterocycles. The van der Waals surface area contributed by atoms with Crippen molar-refractivity contribution in [3.05, 3.63) is 65.7 Å². The van der Waals surface area contributed by atoms with Crippen molar-refractivity contribution < 1.29 is 14.4 Å². The van der Waals surface area contributed by atoms with Gasteiger partial charge in [0.2, 0.25) is 11.8 Å². The number of benzene rings is 2. The Hall–Kier alpha value is -3.15. The molecule has 1 aliphatic rings. The molecule has 2 N–H and O–H groups in total. The van der Waals surface area contributed by atoms with E-state index < -0.39 is 0 Å². The Morgan fingerprint density at radius 3 is 2.29 bits per heavy atom. The van der Waals surface area contributed by atoms with E-state index in [0.717, 1.165) is 12.8 Å². The summed E-state index contributed by atoms with van der Waals surface area (Å²) in [6.45, 7) is 3.63. The van der Waals surface area contributed by atoms with Crippen LogP contribution in [0.5, 0.6) is 0 Å². The van der Waals surface area contributed by atoms with Crippen molar-refractivity contribution in [2.75, 3.05) is 25.0 Å². The largest absolute Gasteiger partial charge is 0.356 e. The van der Waals surface area contributed by atoms with Gasteiger partial charge in [0.05, 0.1) is 0 Å². The number of amides is 3. The monoisotopic (exact) mass is 421 g/mol. The van der Waals surface area contributed by atoms with Gasteiger partial charge in [-0.1, -0.05) is 37.3 Å². The van der Waals surface area contributed by atoms with Crippen molar-refractivity contribution in [2.24, 2.45) is 5.92 Å². The van der Waals surface area contributed by atoms with Gasteiger partial charge in [-0.25, -0.2) is 0 Å². The highest BCUT2D eigenvalue weighted by Crippen LogP contribution is 2.20.